The first kappa shape index (κ1) is 14.6. The topological polar surface area (TPSA) is 35.4 Å². The molecule has 2 rings (SSSR count). The molecule has 1 unspecified atom stereocenters. The maximum Gasteiger partial charge on any atom is 0.144 e. The van der Waals surface area contributed by atoms with Gasteiger partial charge in [-0.05, 0) is 57.6 Å². The van der Waals surface area contributed by atoms with Crippen LogP contribution in [0.15, 0.2) is 28.7 Å². The molecule has 1 aliphatic rings. The normalized spacial score (nSPS) is 18.5. The Morgan fingerprint density at radius 2 is 2.05 bits per heavy atom. The Morgan fingerprint density at radius 1 is 1.37 bits per heavy atom. The van der Waals surface area contributed by atoms with E-state index in [-0.39, 0.29) is 4.75 Å². The minimum Gasteiger partial charge on any atom is -0.591 e. The van der Waals surface area contributed by atoms with Gasteiger partial charge in [0.05, 0.1) is 5.71 Å². The predicted molar refractivity (Wildman–Crippen MR) is 83.1 cm³/mol. The Morgan fingerprint density at radius 3 is 2.58 bits per heavy atom. The fourth-order valence-electron chi connectivity index (χ4n) is 1.95. The Balaban J connectivity index is 2.26. The van der Waals surface area contributed by atoms with Crippen LogP contribution in [0.3, 0.4) is 0 Å². The molecule has 0 amide bonds. The molecule has 0 N–H and O–H groups in total. The zero-order chi connectivity index (χ0) is 14.0. The monoisotopic (exact) mass is 277 g/mol. The van der Waals surface area contributed by atoms with Crippen molar-refractivity contribution in [2.75, 3.05) is 0 Å². The standard InChI is InChI=1S/C16H23NOS/c1-5-15(17-19(18)16(2,3)4)14-8-6-7-13(11-14)12-9-10-12/h6-8,11-12H,5,9-10H2,1-4H3/b17-15-. The fraction of sp³-hybridized carbons (Fsp3) is 0.562. The van der Waals surface area contributed by atoms with Gasteiger partial charge in [0.15, 0.2) is 0 Å². The molecule has 1 aromatic carbocycles. The van der Waals surface area contributed by atoms with E-state index in [0.29, 0.717) is 0 Å². The van der Waals surface area contributed by atoms with Gasteiger partial charge >= 0.3 is 0 Å². The summed E-state index contributed by atoms with van der Waals surface area (Å²) in [5, 5.41) is 0. The molecule has 1 saturated carbocycles. The SMILES string of the molecule is CC/C(=N/[S+]([O-])C(C)(C)C)c1cccc(C2CC2)c1. The zero-order valence-corrected chi connectivity index (χ0v) is 13.1. The van der Waals surface area contributed by atoms with Gasteiger partial charge in [-0.25, -0.2) is 0 Å². The van der Waals surface area contributed by atoms with Crippen LogP contribution >= 0.6 is 0 Å². The molecule has 19 heavy (non-hydrogen) atoms. The third-order valence-corrected chi connectivity index (χ3v) is 4.75. The van der Waals surface area contributed by atoms with E-state index in [1.165, 1.54) is 18.4 Å². The number of rotatable bonds is 4. The first-order chi connectivity index (χ1) is 8.91. The molecular weight excluding hydrogens is 254 g/mol. The highest BCUT2D eigenvalue weighted by atomic mass is 32.2. The largest absolute Gasteiger partial charge is 0.591 e. The second-order valence-corrected chi connectivity index (χ2v) is 8.06. The molecule has 0 aliphatic heterocycles. The number of benzene rings is 1. The molecule has 0 heterocycles. The average Bonchev–Trinajstić information content (AvgIpc) is 3.18. The third kappa shape index (κ3) is 3.83. The van der Waals surface area contributed by atoms with Gasteiger partial charge in [0, 0.05) is 5.56 Å². The molecule has 0 spiro atoms. The molecule has 3 heteroatoms. The summed E-state index contributed by atoms with van der Waals surface area (Å²) in [6, 6.07) is 8.58. The Kier molecular flexibility index (Phi) is 4.36. The van der Waals surface area contributed by atoms with Crippen LogP contribution in [0.2, 0.25) is 0 Å². The minimum absolute atomic E-state index is 0.297. The van der Waals surface area contributed by atoms with Crippen molar-refractivity contribution in [1.82, 2.24) is 0 Å². The Bertz CT molecular complexity index is 472. The molecule has 0 bridgehead atoms. The van der Waals surface area contributed by atoms with Gasteiger partial charge in [0.25, 0.3) is 0 Å². The quantitative estimate of drug-likeness (QED) is 0.599. The van der Waals surface area contributed by atoms with Gasteiger partial charge < -0.3 is 4.55 Å². The van der Waals surface area contributed by atoms with Gasteiger partial charge in [0.2, 0.25) is 0 Å². The molecule has 1 atom stereocenters. The summed E-state index contributed by atoms with van der Waals surface area (Å²) in [5.41, 5.74) is 3.49. The number of nitrogens with zero attached hydrogens (tertiary/aromatic N) is 1. The second-order valence-electron chi connectivity index (χ2n) is 6.15. The van der Waals surface area contributed by atoms with Crippen molar-refractivity contribution in [1.29, 1.82) is 0 Å². The van der Waals surface area contributed by atoms with Gasteiger partial charge in [-0.15, -0.1) is 0 Å². The summed E-state index contributed by atoms with van der Waals surface area (Å²) in [4.78, 5) is 0. The Labute approximate surface area is 119 Å². The van der Waals surface area contributed by atoms with Crippen molar-refractivity contribution in [2.45, 2.75) is 57.6 Å². The van der Waals surface area contributed by atoms with E-state index in [9.17, 15) is 4.55 Å². The maximum atomic E-state index is 12.2. The van der Waals surface area contributed by atoms with Gasteiger partial charge in [-0.1, -0.05) is 29.5 Å². The first-order valence-electron chi connectivity index (χ1n) is 7.01. The highest BCUT2D eigenvalue weighted by molar-refractivity contribution is 7.91. The van der Waals surface area contributed by atoms with Crippen LogP contribution in [-0.2, 0) is 11.4 Å². The summed E-state index contributed by atoms with van der Waals surface area (Å²) < 4.78 is 16.3. The lowest BCUT2D eigenvalue weighted by Gasteiger charge is -2.19. The van der Waals surface area contributed by atoms with Crippen molar-refractivity contribution >= 4 is 17.1 Å². The molecule has 0 saturated heterocycles. The van der Waals surface area contributed by atoms with Gasteiger partial charge in [-0.2, -0.15) is 0 Å². The van der Waals surface area contributed by atoms with Crippen LogP contribution in [0.5, 0.6) is 0 Å². The van der Waals surface area contributed by atoms with Crippen molar-refractivity contribution in [3.05, 3.63) is 35.4 Å². The van der Waals surface area contributed by atoms with E-state index in [2.05, 4.69) is 35.6 Å². The molecule has 1 fully saturated rings. The van der Waals surface area contributed by atoms with E-state index in [1.807, 2.05) is 20.8 Å². The van der Waals surface area contributed by atoms with Gasteiger partial charge in [-0.3, -0.25) is 0 Å². The third-order valence-electron chi connectivity index (χ3n) is 3.32. The second kappa shape index (κ2) is 5.68. The van der Waals surface area contributed by atoms with E-state index in [1.54, 1.807) is 0 Å². The van der Waals surface area contributed by atoms with Crippen LogP contribution < -0.4 is 0 Å². The van der Waals surface area contributed by atoms with E-state index >= 15 is 0 Å². The van der Waals surface area contributed by atoms with Crippen molar-refractivity contribution < 1.29 is 4.55 Å². The van der Waals surface area contributed by atoms with Crippen LogP contribution in [0.4, 0.5) is 0 Å². The number of hydrogen-bond donors (Lipinski definition) is 0. The summed E-state index contributed by atoms with van der Waals surface area (Å²) >= 11 is -1.18. The van der Waals surface area contributed by atoms with E-state index in [0.717, 1.165) is 23.6 Å². The molecule has 1 aliphatic carbocycles. The van der Waals surface area contributed by atoms with E-state index < -0.39 is 11.4 Å². The van der Waals surface area contributed by atoms with Crippen LogP contribution in [0.25, 0.3) is 0 Å². The molecule has 0 radical (unpaired) electrons. The highest BCUT2D eigenvalue weighted by Crippen LogP contribution is 2.40. The van der Waals surface area contributed by atoms with Crippen molar-refractivity contribution in [3.63, 3.8) is 0 Å². The minimum atomic E-state index is -1.18. The summed E-state index contributed by atoms with van der Waals surface area (Å²) in [6.07, 6.45) is 3.42. The lowest BCUT2D eigenvalue weighted by Crippen LogP contribution is -2.27. The molecule has 2 nitrogen and oxygen atoms in total. The smallest absolute Gasteiger partial charge is 0.144 e. The lowest BCUT2D eigenvalue weighted by atomic mass is 10.0. The van der Waals surface area contributed by atoms with Crippen LogP contribution in [0.1, 0.15) is 64.0 Å². The van der Waals surface area contributed by atoms with Crippen molar-refractivity contribution in [3.8, 4) is 0 Å². The lowest BCUT2D eigenvalue weighted by molar-refractivity contribution is 0.561. The van der Waals surface area contributed by atoms with Crippen LogP contribution in [-0.4, -0.2) is 15.0 Å². The van der Waals surface area contributed by atoms with E-state index in [4.69, 9.17) is 0 Å². The summed E-state index contributed by atoms with van der Waals surface area (Å²) in [7, 11) is 0. The molecular formula is C16H23NOS. The zero-order valence-electron chi connectivity index (χ0n) is 12.3. The Hall–Kier alpha value is -0.800. The fourth-order valence-corrected chi connectivity index (χ4v) is 2.66. The number of hydrogen-bond acceptors (Lipinski definition) is 2. The maximum absolute atomic E-state index is 12.2. The predicted octanol–water partition coefficient (Wildman–Crippen LogP) is 4.23. The van der Waals surface area contributed by atoms with Crippen molar-refractivity contribution in [2.24, 2.45) is 4.40 Å². The molecule has 0 aromatic heterocycles. The molecule has 104 valence electrons. The average molecular weight is 277 g/mol. The first-order valence-corrected chi connectivity index (χ1v) is 8.12. The van der Waals surface area contributed by atoms with Gasteiger partial charge in [0.1, 0.15) is 16.1 Å². The van der Waals surface area contributed by atoms with Crippen LogP contribution in [0, 0.1) is 0 Å². The molecule has 1 aromatic rings. The summed E-state index contributed by atoms with van der Waals surface area (Å²) in [5.74, 6) is 0.742. The summed E-state index contributed by atoms with van der Waals surface area (Å²) in [6.45, 7) is 7.95. The highest BCUT2D eigenvalue weighted by Gasteiger charge is 2.28.